The number of hydrogen-bond donors (Lipinski definition) is 2. The molecule has 3 N–H and O–H groups in total. The molecule has 0 aliphatic carbocycles. The van der Waals surface area contributed by atoms with Crippen molar-refractivity contribution in [3.8, 4) is 0 Å². The molecule has 2 rings (SSSR count). The molecule has 1 atom stereocenters. The second-order valence-electron chi connectivity index (χ2n) is 3.00. The Morgan fingerprint density at radius 3 is 3.14 bits per heavy atom. The number of aromatic nitrogens is 2. The molecule has 5 nitrogen and oxygen atoms in total. The smallest absolute Gasteiger partial charge is 0.214 e. The highest BCUT2D eigenvalue weighted by atomic mass is 16.3. The lowest BCUT2D eigenvalue weighted by Gasteiger charge is -2.02. The van der Waals surface area contributed by atoms with Crippen molar-refractivity contribution in [3.63, 3.8) is 0 Å². The third-order valence-corrected chi connectivity index (χ3v) is 1.94. The molecule has 1 unspecified atom stereocenters. The van der Waals surface area contributed by atoms with Crippen LogP contribution in [0, 0.1) is 0 Å². The maximum Gasteiger partial charge on any atom is 0.214 e. The van der Waals surface area contributed by atoms with Gasteiger partial charge in [0, 0.05) is 12.8 Å². The van der Waals surface area contributed by atoms with E-state index in [1.165, 1.54) is 0 Å². The Morgan fingerprint density at radius 1 is 1.57 bits per heavy atom. The number of oxazole rings is 1. The molecule has 0 amide bonds. The van der Waals surface area contributed by atoms with E-state index in [9.17, 15) is 0 Å². The summed E-state index contributed by atoms with van der Waals surface area (Å²) in [6.45, 7) is 0.0212. The Bertz CT molecular complexity index is 394. The van der Waals surface area contributed by atoms with Gasteiger partial charge in [-0.3, -0.25) is 0 Å². The van der Waals surface area contributed by atoms with Crippen LogP contribution >= 0.6 is 0 Å². The third-order valence-electron chi connectivity index (χ3n) is 1.94. The molecule has 74 valence electrons. The van der Waals surface area contributed by atoms with Crippen LogP contribution in [0.3, 0.4) is 0 Å². The minimum absolute atomic E-state index is 0.0212. The SMILES string of the molecule is NC(CCO)c1nc2ncccc2o1. The van der Waals surface area contributed by atoms with E-state index in [4.69, 9.17) is 15.3 Å². The monoisotopic (exact) mass is 193 g/mol. The lowest BCUT2D eigenvalue weighted by atomic mass is 10.2. The maximum absolute atomic E-state index is 8.71. The molecule has 2 aromatic rings. The zero-order valence-electron chi connectivity index (χ0n) is 7.55. The van der Waals surface area contributed by atoms with Crippen LogP contribution in [0.15, 0.2) is 22.7 Å². The van der Waals surface area contributed by atoms with Gasteiger partial charge < -0.3 is 15.3 Å². The maximum atomic E-state index is 8.71. The van der Waals surface area contributed by atoms with E-state index in [1.54, 1.807) is 18.3 Å². The summed E-state index contributed by atoms with van der Waals surface area (Å²) in [5, 5.41) is 8.71. The number of rotatable bonds is 3. The summed E-state index contributed by atoms with van der Waals surface area (Å²) in [6, 6.07) is 3.19. The first-order valence-electron chi connectivity index (χ1n) is 4.39. The molecular formula is C9H11N3O2. The van der Waals surface area contributed by atoms with Crippen LogP contribution in [-0.2, 0) is 0 Å². The van der Waals surface area contributed by atoms with E-state index >= 15 is 0 Å². The fourth-order valence-corrected chi connectivity index (χ4v) is 1.21. The quantitative estimate of drug-likeness (QED) is 0.745. The van der Waals surface area contributed by atoms with E-state index in [0.29, 0.717) is 23.5 Å². The Morgan fingerprint density at radius 2 is 2.43 bits per heavy atom. The van der Waals surface area contributed by atoms with Crippen LogP contribution in [0.5, 0.6) is 0 Å². The molecule has 0 bridgehead atoms. The molecule has 0 fully saturated rings. The van der Waals surface area contributed by atoms with E-state index in [1.807, 2.05) is 0 Å². The fraction of sp³-hybridized carbons (Fsp3) is 0.333. The second kappa shape index (κ2) is 3.73. The van der Waals surface area contributed by atoms with Crippen LogP contribution in [0.25, 0.3) is 11.2 Å². The average Bonchev–Trinajstić information content (AvgIpc) is 2.61. The van der Waals surface area contributed by atoms with Gasteiger partial charge in [-0.25, -0.2) is 4.98 Å². The van der Waals surface area contributed by atoms with Gasteiger partial charge in [0.1, 0.15) is 0 Å². The molecule has 0 aliphatic rings. The summed E-state index contributed by atoms with van der Waals surface area (Å²) in [5.41, 5.74) is 6.90. The third kappa shape index (κ3) is 1.59. The number of pyridine rings is 1. The number of nitrogens with two attached hydrogens (primary N) is 1. The molecule has 14 heavy (non-hydrogen) atoms. The number of fused-ring (bicyclic) bond motifs is 1. The predicted molar refractivity (Wildman–Crippen MR) is 50.4 cm³/mol. The highest BCUT2D eigenvalue weighted by Gasteiger charge is 2.13. The summed E-state index contributed by atoms with van der Waals surface area (Å²) in [6.07, 6.45) is 2.08. The topological polar surface area (TPSA) is 85.2 Å². The summed E-state index contributed by atoms with van der Waals surface area (Å²) < 4.78 is 5.37. The lowest BCUT2D eigenvalue weighted by Crippen LogP contribution is -2.12. The molecule has 2 aromatic heterocycles. The van der Waals surface area contributed by atoms with Gasteiger partial charge in [-0.05, 0) is 18.6 Å². The zero-order valence-corrected chi connectivity index (χ0v) is 7.55. The first-order valence-corrected chi connectivity index (χ1v) is 4.39. The number of aliphatic hydroxyl groups is 1. The summed E-state index contributed by atoms with van der Waals surface area (Å²) in [5.74, 6) is 0.424. The Kier molecular flexibility index (Phi) is 2.43. The Balaban J connectivity index is 2.35. The molecule has 0 aromatic carbocycles. The van der Waals surface area contributed by atoms with Gasteiger partial charge in [0.05, 0.1) is 6.04 Å². The number of hydrogen-bond acceptors (Lipinski definition) is 5. The largest absolute Gasteiger partial charge is 0.437 e. The average molecular weight is 193 g/mol. The molecule has 0 radical (unpaired) electrons. The van der Waals surface area contributed by atoms with Gasteiger partial charge in [-0.15, -0.1) is 0 Å². The van der Waals surface area contributed by atoms with E-state index < -0.39 is 0 Å². The lowest BCUT2D eigenvalue weighted by molar-refractivity contribution is 0.268. The van der Waals surface area contributed by atoms with Crippen LogP contribution < -0.4 is 5.73 Å². The van der Waals surface area contributed by atoms with Crippen molar-refractivity contribution < 1.29 is 9.52 Å². The van der Waals surface area contributed by atoms with Crippen LogP contribution in [-0.4, -0.2) is 21.7 Å². The van der Waals surface area contributed by atoms with Gasteiger partial charge in [-0.1, -0.05) is 0 Å². The first-order chi connectivity index (χ1) is 6.81. The normalized spacial score (nSPS) is 13.3. The zero-order chi connectivity index (χ0) is 9.97. The molecule has 0 aliphatic heterocycles. The molecule has 5 heteroatoms. The summed E-state index contributed by atoms with van der Waals surface area (Å²) in [4.78, 5) is 8.14. The fourth-order valence-electron chi connectivity index (χ4n) is 1.21. The minimum atomic E-state index is -0.366. The van der Waals surface area contributed by atoms with Crippen LogP contribution in [0.4, 0.5) is 0 Å². The van der Waals surface area contributed by atoms with Crippen molar-refractivity contribution in [3.05, 3.63) is 24.2 Å². The van der Waals surface area contributed by atoms with Gasteiger partial charge in [-0.2, -0.15) is 4.98 Å². The van der Waals surface area contributed by atoms with Gasteiger partial charge in [0.15, 0.2) is 11.2 Å². The van der Waals surface area contributed by atoms with Crippen molar-refractivity contribution in [2.45, 2.75) is 12.5 Å². The van der Waals surface area contributed by atoms with Gasteiger partial charge in [0.25, 0.3) is 0 Å². The molecule has 2 heterocycles. The summed E-state index contributed by atoms with van der Waals surface area (Å²) >= 11 is 0. The second-order valence-corrected chi connectivity index (χ2v) is 3.00. The molecule has 0 saturated carbocycles. The number of nitrogens with zero attached hydrogens (tertiary/aromatic N) is 2. The minimum Gasteiger partial charge on any atom is -0.437 e. The van der Waals surface area contributed by atoms with Crippen molar-refractivity contribution in [1.82, 2.24) is 9.97 Å². The molecular weight excluding hydrogens is 182 g/mol. The Labute approximate surface area is 80.6 Å². The van der Waals surface area contributed by atoms with E-state index in [2.05, 4.69) is 9.97 Å². The van der Waals surface area contributed by atoms with Crippen LogP contribution in [0.1, 0.15) is 18.4 Å². The molecule has 0 saturated heterocycles. The Hall–Kier alpha value is -1.46. The van der Waals surface area contributed by atoms with Gasteiger partial charge >= 0.3 is 0 Å². The highest BCUT2D eigenvalue weighted by molar-refractivity contribution is 5.66. The molecule has 0 spiro atoms. The predicted octanol–water partition coefficient (Wildman–Crippen LogP) is 0.605. The van der Waals surface area contributed by atoms with E-state index in [0.717, 1.165) is 0 Å². The first kappa shape index (κ1) is 9.11. The van der Waals surface area contributed by atoms with E-state index in [-0.39, 0.29) is 12.6 Å². The summed E-state index contributed by atoms with van der Waals surface area (Å²) in [7, 11) is 0. The van der Waals surface area contributed by atoms with Crippen molar-refractivity contribution in [2.24, 2.45) is 5.73 Å². The standard InChI is InChI=1S/C9H11N3O2/c10-6(3-5-13)9-12-8-7(14-9)2-1-4-11-8/h1-2,4,6,13H,3,5,10H2. The van der Waals surface area contributed by atoms with Crippen molar-refractivity contribution in [2.75, 3.05) is 6.61 Å². The van der Waals surface area contributed by atoms with Crippen molar-refractivity contribution >= 4 is 11.2 Å². The van der Waals surface area contributed by atoms with Gasteiger partial charge in [0.2, 0.25) is 5.89 Å². The van der Waals surface area contributed by atoms with Crippen LogP contribution in [0.2, 0.25) is 0 Å². The highest BCUT2D eigenvalue weighted by Crippen LogP contribution is 2.18. The van der Waals surface area contributed by atoms with Crippen molar-refractivity contribution in [1.29, 1.82) is 0 Å². The number of aliphatic hydroxyl groups excluding tert-OH is 1.